The Morgan fingerprint density at radius 2 is 1.90 bits per heavy atom. The summed E-state index contributed by atoms with van der Waals surface area (Å²) < 4.78 is 14.7. The number of rotatable bonds is 5. The summed E-state index contributed by atoms with van der Waals surface area (Å²) in [5, 5.41) is 4.29. The van der Waals surface area contributed by atoms with E-state index in [9.17, 15) is 4.39 Å². The van der Waals surface area contributed by atoms with Gasteiger partial charge in [0.25, 0.3) is 0 Å². The summed E-state index contributed by atoms with van der Waals surface area (Å²) in [5.41, 5.74) is 5.99. The second kappa shape index (κ2) is 8.05. The van der Waals surface area contributed by atoms with Crippen LogP contribution in [0.5, 0.6) is 0 Å². The molecule has 0 bridgehead atoms. The molecule has 0 saturated carbocycles. The Bertz CT molecular complexity index is 1140. The monoisotopic (exact) mass is 406 g/mol. The fraction of sp³-hybridized carbons (Fsp3) is 0.304. The summed E-state index contributed by atoms with van der Waals surface area (Å²) >= 11 is 1.68. The molecule has 1 aliphatic heterocycles. The average molecular weight is 407 g/mol. The molecule has 29 heavy (non-hydrogen) atoms. The minimum Gasteiger partial charge on any atom is -0.365 e. The van der Waals surface area contributed by atoms with Crippen molar-refractivity contribution in [2.75, 3.05) is 24.5 Å². The van der Waals surface area contributed by atoms with Gasteiger partial charge in [-0.2, -0.15) is 0 Å². The molecule has 0 radical (unpaired) electrons. The summed E-state index contributed by atoms with van der Waals surface area (Å²) in [5.74, 6) is 0.445. The van der Waals surface area contributed by atoms with E-state index in [0.29, 0.717) is 5.92 Å². The van der Waals surface area contributed by atoms with Crippen molar-refractivity contribution < 1.29 is 4.39 Å². The van der Waals surface area contributed by atoms with Crippen molar-refractivity contribution in [3.8, 4) is 0 Å². The lowest BCUT2D eigenvalue weighted by molar-refractivity contribution is 0.372. The molecular weight excluding hydrogens is 383 g/mol. The number of pyridine rings is 1. The van der Waals surface area contributed by atoms with Gasteiger partial charge in [0.2, 0.25) is 0 Å². The summed E-state index contributed by atoms with van der Waals surface area (Å²) in [6.45, 7) is 3.93. The number of halogens is 1. The van der Waals surface area contributed by atoms with Crippen LogP contribution in [0, 0.1) is 11.7 Å². The number of nitrogens with zero attached hydrogens (tertiary/aromatic N) is 3. The lowest BCUT2D eigenvalue weighted by Crippen LogP contribution is -2.36. The first kappa shape index (κ1) is 18.5. The van der Waals surface area contributed by atoms with Gasteiger partial charge >= 0.3 is 0 Å². The van der Waals surface area contributed by atoms with E-state index in [2.05, 4.69) is 33.4 Å². The third-order valence-electron chi connectivity index (χ3n) is 5.68. The average Bonchev–Trinajstić information content (AvgIpc) is 3.22. The molecule has 6 heteroatoms. The summed E-state index contributed by atoms with van der Waals surface area (Å²) in [6, 6.07) is 15.3. The number of anilines is 1. The highest BCUT2D eigenvalue weighted by molar-refractivity contribution is 7.16. The quantitative estimate of drug-likeness (QED) is 0.507. The molecule has 0 spiro atoms. The molecule has 2 aromatic heterocycles. The fourth-order valence-electron chi connectivity index (χ4n) is 4.10. The minimum atomic E-state index is -0.225. The molecule has 5 rings (SSSR count). The lowest BCUT2D eigenvalue weighted by atomic mass is 9.97. The number of fused-ring (bicyclic) bond motifs is 2. The van der Waals surface area contributed by atoms with Gasteiger partial charge in [0.1, 0.15) is 5.82 Å². The van der Waals surface area contributed by atoms with Crippen LogP contribution >= 0.6 is 11.3 Å². The van der Waals surface area contributed by atoms with Gasteiger partial charge in [0.15, 0.2) is 0 Å². The highest BCUT2D eigenvalue weighted by atomic mass is 32.1. The van der Waals surface area contributed by atoms with E-state index in [1.54, 1.807) is 17.4 Å². The fourth-order valence-corrected chi connectivity index (χ4v) is 4.81. The maximum absolute atomic E-state index is 13.5. The van der Waals surface area contributed by atoms with Crippen molar-refractivity contribution >= 4 is 38.1 Å². The van der Waals surface area contributed by atoms with E-state index in [1.165, 1.54) is 35.4 Å². The second-order valence-electron chi connectivity index (χ2n) is 7.72. The number of nitrogens with one attached hydrogen (secondary N) is 1. The molecule has 1 saturated heterocycles. The number of aromatic nitrogens is 2. The third kappa shape index (κ3) is 4.09. The zero-order valence-electron chi connectivity index (χ0n) is 16.1. The summed E-state index contributed by atoms with van der Waals surface area (Å²) in [6.07, 6.45) is 2.40. The van der Waals surface area contributed by atoms with Crippen molar-refractivity contribution in [2.24, 2.45) is 5.92 Å². The normalized spacial score (nSPS) is 15.2. The number of piperidine rings is 1. The van der Waals surface area contributed by atoms with Crippen LogP contribution in [0.2, 0.25) is 0 Å². The standard InChI is InChI=1S/C23H23FN4S/c24-18-2-5-21-17(11-18)1-3-19(27-21)14-28(13-16-7-9-25-10-8-16)20-4-6-22-23(12-20)29-15-26-22/h1-6,11-12,15-16,25H,7-10,13-14H2. The smallest absolute Gasteiger partial charge is 0.123 e. The van der Waals surface area contributed by atoms with Crippen LogP contribution in [0.1, 0.15) is 18.5 Å². The molecule has 3 heterocycles. The Balaban J connectivity index is 1.46. The van der Waals surface area contributed by atoms with E-state index >= 15 is 0 Å². The molecule has 1 fully saturated rings. The SMILES string of the molecule is Fc1ccc2nc(CN(CC3CCNCC3)c3ccc4ncsc4c3)ccc2c1. The van der Waals surface area contributed by atoms with Crippen LogP contribution in [0.4, 0.5) is 10.1 Å². The highest BCUT2D eigenvalue weighted by Crippen LogP contribution is 2.28. The molecule has 2 aromatic carbocycles. The lowest BCUT2D eigenvalue weighted by Gasteiger charge is -2.31. The van der Waals surface area contributed by atoms with Gasteiger partial charge in [-0.3, -0.25) is 4.98 Å². The molecule has 1 N–H and O–H groups in total. The van der Waals surface area contributed by atoms with Gasteiger partial charge < -0.3 is 10.2 Å². The van der Waals surface area contributed by atoms with E-state index < -0.39 is 0 Å². The first-order valence-corrected chi connectivity index (χ1v) is 11.0. The van der Waals surface area contributed by atoms with Crippen LogP contribution in [0.3, 0.4) is 0 Å². The van der Waals surface area contributed by atoms with Crippen molar-refractivity contribution in [3.63, 3.8) is 0 Å². The Labute approximate surface area is 173 Å². The molecule has 4 aromatic rings. The maximum atomic E-state index is 13.5. The van der Waals surface area contributed by atoms with E-state index in [-0.39, 0.29) is 5.82 Å². The molecule has 0 atom stereocenters. The minimum absolute atomic E-state index is 0.225. The predicted octanol–water partition coefficient (Wildman–Crippen LogP) is 4.99. The largest absolute Gasteiger partial charge is 0.365 e. The zero-order chi connectivity index (χ0) is 19.6. The van der Waals surface area contributed by atoms with Crippen molar-refractivity contribution in [1.29, 1.82) is 0 Å². The molecule has 1 aliphatic rings. The Morgan fingerprint density at radius 3 is 2.79 bits per heavy atom. The van der Waals surface area contributed by atoms with Gasteiger partial charge in [-0.25, -0.2) is 9.37 Å². The van der Waals surface area contributed by atoms with Crippen molar-refractivity contribution in [3.05, 3.63) is 65.6 Å². The van der Waals surface area contributed by atoms with Crippen LogP contribution in [0.15, 0.2) is 54.0 Å². The van der Waals surface area contributed by atoms with Crippen LogP contribution in [-0.2, 0) is 6.54 Å². The molecule has 0 aliphatic carbocycles. The predicted molar refractivity (Wildman–Crippen MR) is 118 cm³/mol. The van der Waals surface area contributed by atoms with E-state index in [1.807, 2.05) is 17.6 Å². The summed E-state index contributed by atoms with van der Waals surface area (Å²) in [4.78, 5) is 11.6. The Morgan fingerprint density at radius 1 is 1.03 bits per heavy atom. The zero-order valence-corrected chi connectivity index (χ0v) is 17.0. The maximum Gasteiger partial charge on any atom is 0.123 e. The van der Waals surface area contributed by atoms with Gasteiger partial charge in [-0.1, -0.05) is 6.07 Å². The van der Waals surface area contributed by atoms with Crippen LogP contribution in [-0.4, -0.2) is 29.6 Å². The third-order valence-corrected chi connectivity index (χ3v) is 6.47. The molecular formula is C23H23FN4S. The first-order valence-electron chi connectivity index (χ1n) is 10.1. The van der Waals surface area contributed by atoms with Crippen LogP contribution < -0.4 is 10.2 Å². The van der Waals surface area contributed by atoms with Crippen molar-refractivity contribution in [2.45, 2.75) is 19.4 Å². The number of hydrogen-bond donors (Lipinski definition) is 1. The molecule has 148 valence electrons. The number of benzene rings is 2. The van der Waals surface area contributed by atoms with Crippen LogP contribution in [0.25, 0.3) is 21.1 Å². The Hall–Kier alpha value is -2.57. The number of thiazole rings is 1. The van der Waals surface area contributed by atoms with Crippen molar-refractivity contribution in [1.82, 2.24) is 15.3 Å². The Kier molecular flexibility index (Phi) is 5.12. The molecule has 0 unspecified atom stereocenters. The van der Waals surface area contributed by atoms with E-state index in [4.69, 9.17) is 4.98 Å². The number of hydrogen-bond acceptors (Lipinski definition) is 5. The topological polar surface area (TPSA) is 41.1 Å². The first-order chi connectivity index (χ1) is 14.2. The molecule has 0 amide bonds. The van der Waals surface area contributed by atoms with Gasteiger partial charge in [-0.05, 0) is 74.3 Å². The van der Waals surface area contributed by atoms with Gasteiger partial charge in [0.05, 0.1) is 33.5 Å². The summed E-state index contributed by atoms with van der Waals surface area (Å²) in [7, 11) is 0. The highest BCUT2D eigenvalue weighted by Gasteiger charge is 2.19. The second-order valence-corrected chi connectivity index (χ2v) is 8.60. The molecule has 4 nitrogen and oxygen atoms in total. The van der Waals surface area contributed by atoms with Gasteiger partial charge in [-0.15, -0.1) is 11.3 Å². The van der Waals surface area contributed by atoms with E-state index in [0.717, 1.165) is 48.3 Å². The van der Waals surface area contributed by atoms with Gasteiger partial charge in [0, 0.05) is 17.6 Å².